The third kappa shape index (κ3) is 9.26. The highest BCUT2D eigenvalue weighted by atomic mass is 35.5. The van der Waals surface area contributed by atoms with E-state index in [1.54, 1.807) is 29.2 Å². The first-order valence-corrected chi connectivity index (χ1v) is 14.4. The van der Waals surface area contributed by atoms with E-state index in [0.29, 0.717) is 33.8 Å². The van der Waals surface area contributed by atoms with Gasteiger partial charge in [-0.25, -0.2) is 0 Å². The molecule has 0 saturated heterocycles. The maximum Gasteiger partial charge on any atom is 0.243 e. The van der Waals surface area contributed by atoms with Crippen LogP contribution in [0.5, 0.6) is 0 Å². The van der Waals surface area contributed by atoms with Gasteiger partial charge >= 0.3 is 0 Å². The van der Waals surface area contributed by atoms with Gasteiger partial charge in [-0.15, -0.1) is 11.8 Å². The molecule has 3 aromatic carbocycles. The van der Waals surface area contributed by atoms with Crippen molar-refractivity contribution >= 4 is 58.4 Å². The highest BCUT2D eigenvalue weighted by molar-refractivity contribution is 7.99. The third-order valence-electron chi connectivity index (χ3n) is 5.73. The molecule has 0 aliphatic rings. The Morgan fingerprint density at radius 3 is 2.19 bits per heavy atom. The molecule has 37 heavy (non-hydrogen) atoms. The number of carbonyl (C=O) groups is 2. The minimum atomic E-state index is -0.683. The zero-order valence-electron chi connectivity index (χ0n) is 20.9. The fourth-order valence-corrected chi connectivity index (χ4v) is 5.66. The second-order valence-electron chi connectivity index (χ2n) is 9.19. The van der Waals surface area contributed by atoms with Crippen molar-refractivity contribution in [3.05, 3.63) is 105 Å². The summed E-state index contributed by atoms with van der Waals surface area (Å²) in [5.74, 6) is 0.624. The summed E-state index contributed by atoms with van der Waals surface area (Å²) >= 11 is 20.3. The molecule has 0 fully saturated rings. The first kappa shape index (κ1) is 29.4. The summed E-state index contributed by atoms with van der Waals surface area (Å²) in [7, 11) is 0. The maximum atomic E-state index is 13.7. The van der Waals surface area contributed by atoms with Crippen LogP contribution in [0.1, 0.15) is 30.5 Å². The van der Waals surface area contributed by atoms with E-state index >= 15 is 0 Å². The molecule has 1 atom stereocenters. The summed E-state index contributed by atoms with van der Waals surface area (Å²) in [5.41, 5.74) is 2.63. The van der Waals surface area contributed by atoms with E-state index in [-0.39, 0.29) is 30.0 Å². The summed E-state index contributed by atoms with van der Waals surface area (Å²) in [6.07, 6.45) is 0.401. The van der Waals surface area contributed by atoms with Crippen LogP contribution in [0.2, 0.25) is 15.1 Å². The van der Waals surface area contributed by atoms with Gasteiger partial charge in [0.1, 0.15) is 6.04 Å². The van der Waals surface area contributed by atoms with Crippen LogP contribution in [0.4, 0.5) is 0 Å². The summed E-state index contributed by atoms with van der Waals surface area (Å²) in [6, 6.07) is 21.8. The number of thioether (sulfide) groups is 1. The number of hydrogen-bond acceptors (Lipinski definition) is 3. The van der Waals surface area contributed by atoms with Crippen LogP contribution >= 0.6 is 46.6 Å². The second-order valence-corrected chi connectivity index (χ2v) is 11.4. The number of nitrogens with one attached hydrogen (secondary N) is 1. The van der Waals surface area contributed by atoms with Crippen molar-refractivity contribution < 1.29 is 9.59 Å². The Balaban J connectivity index is 1.86. The van der Waals surface area contributed by atoms with Gasteiger partial charge in [-0.3, -0.25) is 9.59 Å². The molecule has 1 N–H and O–H groups in total. The molecule has 0 saturated carbocycles. The van der Waals surface area contributed by atoms with Crippen molar-refractivity contribution in [3.8, 4) is 0 Å². The molecule has 0 aliphatic heterocycles. The first-order chi connectivity index (χ1) is 17.7. The zero-order valence-corrected chi connectivity index (χ0v) is 24.0. The molecule has 2 amide bonds. The Bertz CT molecular complexity index is 1170. The lowest BCUT2D eigenvalue weighted by molar-refractivity contribution is -0.139. The third-order valence-corrected chi connectivity index (χ3v) is 7.62. The van der Waals surface area contributed by atoms with Gasteiger partial charge in [0, 0.05) is 40.3 Å². The Hall–Kier alpha value is -2.18. The average Bonchev–Trinajstić information content (AvgIpc) is 2.87. The average molecular weight is 578 g/mol. The van der Waals surface area contributed by atoms with E-state index in [0.717, 1.165) is 16.7 Å². The molecule has 0 radical (unpaired) electrons. The predicted octanol–water partition coefficient (Wildman–Crippen LogP) is 7.29. The summed E-state index contributed by atoms with van der Waals surface area (Å²) in [6.45, 7) is 4.87. The van der Waals surface area contributed by atoms with E-state index in [1.807, 2.05) is 62.4 Å². The van der Waals surface area contributed by atoms with Crippen LogP contribution in [-0.4, -0.2) is 35.1 Å². The monoisotopic (exact) mass is 576 g/mol. The molecule has 1 unspecified atom stereocenters. The van der Waals surface area contributed by atoms with Crippen molar-refractivity contribution in [2.75, 3.05) is 12.3 Å². The highest BCUT2D eigenvalue weighted by Gasteiger charge is 2.30. The molecule has 3 aromatic rings. The van der Waals surface area contributed by atoms with Gasteiger partial charge in [-0.05, 0) is 46.9 Å². The smallest absolute Gasteiger partial charge is 0.243 e. The standard InChI is InChI=1S/C29H31Cl3N2O2S/c1-20(2)16-33-29(36)27(15-21-8-4-3-5-9-21)34(17-22-10-6-11-23(30)14-22)28(35)19-37-18-24-25(31)12-7-13-26(24)32/h3-14,20,27H,15-19H2,1-2H3,(H,33,36). The molecule has 4 nitrogen and oxygen atoms in total. The normalized spacial score (nSPS) is 11.8. The second kappa shape index (κ2) is 14.7. The summed E-state index contributed by atoms with van der Waals surface area (Å²) in [5, 5.41) is 4.75. The number of benzene rings is 3. The molecule has 3 rings (SSSR count). The van der Waals surface area contributed by atoms with E-state index in [1.165, 1.54) is 11.8 Å². The van der Waals surface area contributed by atoms with E-state index in [9.17, 15) is 9.59 Å². The van der Waals surface area contributed by atoms with E-state index in [2.05, 4.69) is 5.32 Å². The highest BCUT2D eigenvalue weighted by Crippen LogP contribution is 2.28. The molecule has 196 valence electrons. The number of halogens is 3. The van der Waals surface area contributed by atoms with Gasteiger partial charge in [0.05, 0.1) is 5.75 Å². The molecule has 0 bridgehead atoms. The largest absolute Gasteiger partial charge is 0.354 e. The van der Waals surface area contributed by atoms with Crippen molar-refractivity contribution in [3.63, 3.8) is 0 Å². The minimum Gasteiger partial charge on any atom is -0.354 e. The molecule has 0 spiro atoms. The Morgan fingerprint density at radius 1 is 0.892 bits per heavy atom. The topological polar surface area (TPSA) is 49.4 Å². The molecular weight excluding hydrogens is 547 g/mol. The van der Waals surface area contributed by atoms with Crippen molar-refractivity contribution in [2.45, 2.75) is 38.6 Å². The van der Waals surface area contributed by atoms with E-state index in [4.69, 9.17) is 34.8 Å². The molecule has 0 aromatic heterocycles. The first-order valence-electron chi connectivity index (χ1n) is 12.1. The lowest BCUT2D eigenvalue weighted by Crippen LogP contribution is -2.51. The fourth-order valence-electron chi connectivity index (χ4n) is 3.80. The molecule has 8 heteroatoms. The van der Waals surface area contributed by atoms with Crippen LogP contribution < -0.4 is 5.32 Å². The SMILES string of the molecule is CC(C)CNC(=O)C(Cc1ccccc1)N(Cc1cccc(Cl)c1)C(=O)CSCc1c(Cl)cccc1Cl. The number of hydrogen-bond donors (Lipinski definition) is 1. The van der Waals surface area contributed by atoms with Crippen LogP contribution in [0.3, 0.4) is 0 Å². The van der Waals surface area contributed by atoms with Crippen LogP contribution in [0, 0.1) is 5.92 Å². The van der Waals surface area contributed by atoms with Crippen LogP contribution in [-0.2, 0) is 28.3 Å². The molecule has 0 heterocycles. The Morgan fingerprint density at radius 2 is 1.54 bits per heavy atom. The number of nitrogens with zero attached hydrogens (tertiary/aromatic N) is 1. The predicted molar refractivity (Wildman–Crippen MR) is 156 cm³/mol. The summed E-state index contributed by atoms with van der Waals surface area (Å²) in [4.78, 5) is 28.8. The summed E-state index contributed by atoms with van der Waals surface area (Å²) < 4.78 is 0. The number of amides is 2. The van der Waals surface area contributed by atoms with Gasteiger partial charge in [0.25, 0.3) is 0 Å². The Kier molecular flexibility index (Phi) is 11.7. The lowest BCUT2D eigenvalue weighted by atomic mass is 10.0. The van der Waals surface area contributed by atoms with Gasteiger partial charge in [0.15, 0.2) is 0 Å². The van der Waals surface area contributed by atoms with Gasteiger partial charge in [-0.1, -0.05) is 97.2 Å². The molecule has 0 aliphatic carbocycles. The fraction of sp³-hybridized carbons (Fsp3) is 0.310. The van der Waals surface area contributed by atoms with Crippen molar-refractivity contribution in [2.24, 2.45) is 5.92 Å². The van der Waals surface area contributed by atoms with Gasteiger partial charge in [-0.2, -0.15) is 0 Å². The van der Waals surface area contributed by atoms with Gasteiger partial charge in [0.2, 0.25) is 11.8 Å². The lowest BCUT2D eigenvalue weighted by Gasteiger charge is -2.32. The van der Waals surface area contributed by atoms with Crippen molar-refractivity contribution in [1.82, 2.24) is 10.2 Å². The maximum absolute atomic E-state index is 13.7. The number of rotatable bonds is 12. The van der Waals surface area contributed by atoms with Gasteiger partial charge < -0.3 is 10.2 Å². The minimum absolute atomic E-state index is 0.145. The Labute approximate surface area is 238 Å². The van der Waals surface area contributed by atoms with E-state index < -0.39 is 6.04 Å². The number of carbonyl (C=O) groups excluding carboxylic acids is 2. The zero-order chi connectivity index (χ0) is 26.8. The molecular formula is C29H31Cl3N2O2S. The van der Waals surface area contributed by atoms with Crippen LogP contribution in [0.15, 0.2) is 72.8 Å². The quantitative estimate of drug-likeness (QED) is 0.246. The van der Waals surface area contributed by atoms with Crippen molar-refractivity contribution in [1.29, 1.82) is 0 Å². The van der Waals surface area contributed by atoms with Crippen LogP contribution in [0.25, 0.3) is 0 Å².